The van der Waals surface area contributed by atoms with Crippen LogP contribution in [0.5, 0.6) is 0 Å². The third-order valence-electron chi connectivity index (χ3n) is 1.62. The highest BCUT2D eigenvalue weighted by atomic mass is 79.9. The van der Waals surface area contributed by atoms with Gasteiger partial charge in [-0.2, -0.15) is 0 Å². The monoisotopic (exact) mass is 235 g/mol. The first-order chi connectivity index (χ1) is 6.36. The molecule has 0 saturated heterocycles. The second kappa shape index (κ2) is 3.62. The van der Waals surface area contributed by atoms with Gasteiger partial charge in [0.15, 0.2) is 0 Å². The van der Waals surface area contributed by atoms with Crippen molar-refractivity contribution < 1.29 is 0 Å². The average Bonchev–Trinajstić information content (AvgIpc) is 2.20. The predicted molar refractivity (Wildman–Crippen MR) is 53.0 cm³/mol. The van der Waals surface area contributed by atoms with E-state index in [1.165, 1.54) is 6.33 Å². The van der Waals surface area contributed by atoms with Gasteiger partial charge in [-0.25, -0.2) is 4.98 Å². The van der Waals surface area contributed by atoms with Crippen LogP contribution in [0.1, 0.15) is 0 Å². The molecular formula is C9H6BrN3. The Balaban J connectivity index is 2.42. The molecule has 0 saturated carbocycles. The molecule has 0 N–H and O–H groups in total. The fourth-order valence-electron chi connectivity index (χ4n) is 1.00. The molecule has 0 aliphatic carbocycles. The Morgan fingerprint density at radius 3 is 2.46 bits per heavy atom. The summed E-state index contributed by atoms with van der Waals surface area (Å²) in [6.45, 7) is 0. The van der Waals surface area contributed by atoms with E-state index < -0.39 is 0 Å². The van der Waals surface area contributed by atoms with Gasteiger partial charge in [-0.3, -0.25) is 0 Å². The highest BCUT2D eigenvalue weighted by Crippen LogP contribution is 2.17. The zero-order valence-electron chi connectivity index (χ0n) is 6.68. The molecule has 2 aromatic rings. The zero-order valence-corrected chi connectivity index (χ0v) is 8.27. The Labute approximate surface area is 84.0 Å². The molecule has 0 amide bonds. The number of aromatic nitrogens is 3. The summed E-state index contributed by atoms with van der Waals surface area (Å²) in [5.74, 6) is 0. The quantitative estimate of drug-likeness (QED) is 0.762. The van der Waals surface area contributed by atoms with E-state index in [1.807, 2.05) is 24.3 Å². The van der Waals surface area contributed by atoms with Crippen LogP contribution in [-0.4, -0.2) is 15.2 Å². The van der Waals surface area contributed by atoms with Gasteiger partial charge in [0.2, 0.25) is 0 Å². The predicted octanol–water partition coefficient (Wildman–Crippen LogP) is 2.30. The molecule has 0 atom stereocenters. The lowest BCUT2D eigenvalue weighted by atomic mass is 10.2. The van der Waals surface area contributed by atoms with Crippen molar-refractivity contribution in [3.8, 4) is 11.3 Å². The Bertz CT molecular complexity index is 385. The second-order valence-electron chi connectivity index (χ2n) is 2.50. The lowest BCUT2D eigenvalue weighted by molar-refractivity contribution is 0.976. The Morgan fingerprint density at radius 1 is 1.08 bits per heavy atom. The lowest BCUT2D eigenvalue weighted by Crippen LogP contribution is -1.87. The molecule has 2 rings (SSSR count). The summed E-state index contributed by atoms with van der Waals surface area (Å²) < 4.78 is 1.05. The number of hydrogen-bond acceptors (Lipinski definition) is 3. The molecule has 1 aromatic heterocycles. The molecule has 64 valence electrons. The van der Waals surface area contributed by atoms with Crippen LogP contribution >= 0.6 is 15.9 Å². The van der Waals surface area contributed by atoms with Crippen molar-refractivity contribution in [3.63, 3.8) is 0 Å². The minimum atomic E-state index is 0.787. The first-order valence-electron chi connectivity index (χ1n) is 3.75. The molecule has 0 radical (unpaired) electrons. The van der Waals surface area contributed by atoms with Crippen molar-refractivity contribution in [2.75, 3.05) is 0 Å². The highest BCUT2D eigenvalue weighted by molar-refractivity contribution is 9.10. The SMILES string of the molecule is Brc1ccc(-c2cncnn2)cc1. The average molecular weight is 236 g/mol. The van der Waals surface area contributed by atoms with E-state index in [1.54, 1.807) is 6.20 Å². The normalized spacial score (nSPS) is 9.92. The topological polar surface area (TPSA) is 38.7 Å². The van der Waals surface area contributed by atoms with Crippen molar-refractivity contribution in [2.24, 2.45) is 0 Å². The molecule has 1 aromatic carbocycles. The van der Waals surface area contributed by atoms with Crippen molar-refractivity contribution in [1.82, 2.24) is 15.2 Å². The van der Waals surface area contributed by atoms with Gasteiger partial charge in [0, 0.05) is 10.0 Å². The van der Waals surface area contributed by atoms with Crippen molar-refractivity contribution >= 4 is 15.9 Å². The number of rotatable bonds is 1. The van der Waals surface area contributed by atoms with E-state index >= 15 is 0 Å². The number of nitrogens with zero attached hydrogens (tertiary/aromatic N) is 3. The summed E-state index contributed by atoms with van der Waals surface area (Å²) in [7, 11) is 0. The van der Waals surface area contributed by atoms with E-state index in [9.17, 15) is 0 Å². The van der Waals surface area contributed by atoms with Crippen LogP contribution in [0.15, 0.2) is 41.3 Å². The van der Waals surface area contributed by atoms with Crippen LogP contribution < -0.4 is 0 Å². The first-order valence-corrected chi connectivity index (χ1v) is 4.54. The maximum Gasteiger partial charge on any atom is 0.138 e. The summed E-state index contributed by atoms with van der Waals surface area (Å²) in [5, 5.41) is 7.66. The summed E-state index contributed by atoms with van der Waals surface area (Å²) in [5.41, 5.74) is 1.80. The second-order valence-corrected chi connectivity index (χ2v) is 3.42. The largest absolute Gasteiger partial charge is 0.241 e. The number of hydrogen-bond donors (Lipinski definition) is 0. The smallest absolute Gasteiger partial charge is 0.138 e. The van der Waals surface area contributed by atoms with Gasteiger partial charge in [0.05, 0.1) is 6.20 Å². The van der Waals surface area contributed by atoms with Gasteiger partial charge in [-0.15, -0.1) is 10.2 Å². The van der Waals surface area contributed by atoms with Gasteiger partial charge < -0.3 is 0 Å². The summed E-state index contributed by atoms with van der Waals surface area (Å²) in [6.07, 6.45) is 3.11. The molecule has 13 heavy (non-hydrogen) atoms. The summed E-state index contributed by atoms with van der Waals surface area (Å²) >= 11 is 3.37. The van der Waals surface area contributed by atoms with Gasteiger partial charge >= 0.3 is 0 Å². The van der Waals surface area contributed by atoms with E-state index in [0.29, 0.717) is 0 Å². The van der Waals surface area contributed by atoms with Crippen LogP contribution in [-0.2, 0) is 0 Å². The fourth-order valence-corrected chi connectivity index (χ4v) is 1.26. The van der Waals surface area contributed by atoms with Crippen molar-refractivity contribution in [1.29, 1.82) is 0 Å². The van der Waals surface area contributed by atoms with Crippen LogP contribution in [0.4, 0.5) is 0 Å². The molecule has 0 fully saturated rings. The van der Waals surface area contributed by atoms with Crippen LogP contribution in [0.3, 0.4) is 0 Å². The molecular weight excluding hydrogens is 230 g/mol. The van der Waals surface area contributed by atoms with Gasteiger partial charge in [0.1, 0.15) is 12.0 Å². The van der Waals surface area contributed by atoms with E-state index in [4.69, 9.17) is 0 Å². The van der Waals surface area contributed by atoms with Crippen molar-refractivity contribution in [3.05, 3.63) is 41.3 Å². The molecule has 4 heteroatoms. The summed E-state index contributed by atoms with van der Waals surface area (Å²) in [6, 6.07) is 7.86. The standard InChI is InChI=1S/C9H6BrN3/c10-8-3-1-7(2-4-8)9-5-11-6-12-13-9/h1-6H. The molecule has 0 aliphatic rings. The van der Waals surface area contributed by atoms with E-state index in [2.05, 4.69) is 31.1 Å². The molecule has 0 unspecified atom stereocenters. The first kappa shape index (κ1) is 8.31. The highest BCUT2D eigenvalue weighted by Gasteiger charge is 1.97. The van der Waals surface area contributed by atoms with Gasteiger partial charge in [-0.05, 0) is 12.1 Å². The molecule has 3 nitrogen and oxygen atoms in total. The van der Waals surface area contributed by atoms with E-state index in [-0.39, 0.29) is 0 Å². The minimum Gasteiger partial charge on any atom is -0.241 e. The lowest BCUT2D eigenvalue weighted by Gasteiger charge is -1.97. The number of halogens is 1. The molecule has 0 spiro atoms. The van der Waals surface area contributed by atoms with Crippen LogP contribution in [0, 0.1) is 0 Å². The maximum atomic E-state index is 3.95. The molecule has 0 bridgehead atoms. The molecule has 0 aliphatic heterocycles. The Hall–Kier alpha value is -1.29. The zero-order chi connectivity index (χ0) is 9.10. The van der Waals surface area contributed by atoms with Gasteiger partial charge in [-0.1, -0.05) is 28.1 Å². The summed E-state index contributed by atoms with van der Waals surface area (Å²) in [4.78, 5) is 3.90. The Kier molecular flexibility index (Phi) is 2.31. The van der Waals surface area contributed by atoms with Gasteiger partial charge in [0.25, 0.3) is 0 Å². The fraction of sp³-hybridized carbons (Fsp3) is 0. The molecule has 1 heterocycles. The maximum absolute atomic E-state index is 3.95. The van der Waals surface area contributed by atoms with Crippen molar-refractivity contribution in [2.45, 2.75) is 0 Å². The third kappa shape index (κ3) is 1.89. The van der Waals surface area contributed by atoms with Crippen LogP contribution in [0.2, 0.25) is 0 Å². The van der Waals surface area contributed by atoms with Crippen LogP contribution in [0.25, 0.3) is 11.3 Å². The third-order valence-corrected chi connectivity index (χ3v) is 2.15. The minimum absolute atomic E-state index is 0.787. The Morgan fingerprint density at radius 2 is 1.85 bits per heavy atom. The van der Waals surface area contributed by atoms with E-state index in [0.717, 1.165) is 15.7 Å². The number of benzene rings is 1.